The zero-order chi connectivity index (χ0) is 21.0. The van der Waals surface area contributed by atoms with Gasteiger partial charge in [-0.05, 0) is 48.5 Å². The van der Waals surface area contributed by atoms with Crippen molar-refractivity contribution in [3.8, 4) is 17.0 Å². The minimum atomic E-state index is -1.01. The van der Waals surface area contributed by atoms with Crippen molar-refractivity contribution in [1.82, 2.24) is 4.98 Å². The summed E-state index contributed by atoms with van der Waals surface area (Å²) in [5.41, 5.74) is 3.39. The van der Waals surface area contributed by atoms with E-state index in [-0.39, 0.29) is 24.4 Å². The number of H-pyrrole nitrogens is 1. The van der Waals surface area contributed by atoms with Crippen molar-refractivity contribution >= 4 is 17.3 Å². The van der Waals surface area contributed by atoms with Crippen LogP contribution < -0.4 is 15.4 Å². The van der Waals surface area contributed by atoms with Gasteiger partial charge in [0.05, 0.1) is 0 Å². The van der Waals surface area contributed by atoms with Crippen LogP contribution >= 0.6 is 0 Å². The van der Waals surface area contributed by atoms with Crippen LogP contribution in [0, 0.1) is 0 Å². The first kappa shape index (κ1) is 20.0. The molecule has 0 amide bonds. The third-order valence-electron chi connectivity index (χ3n) is 4.57. The summed E-state index contributed by atoms with van der Waals surface area (Å²) in [5.74, 6) is -0.919. The highest BCUT2D eigenvalue weighted by atomic mass is 16.4. The van der Waals surface area contributed by atoms with E-state index in [1.54, 1.807) is 23.1 Å². The number of pyridine rings is 1. The van der Waals surface area contributed by atoms with Crippen LogP contribution in [0.3, 0.4) is 0 Å². The minimum Gasteiger partial charge on any atom is -0.508 e. The van der Waals surface area contributed by atoms with E-state index in [9.17, 15) is 19.8 Å². The molecule has 0 unspecified atom stereocenters. The molecule has 0 spiro atoms. The number of anilines is 2. The van der Waals surface area contributed by atoms with E-state index in [1.165, 1.54) is 12.1 Å². The second kappa shape index (κ2) is 8.52. The van der Waals surface area contributed by atoms with E-state index in [2.05, 4.69) is 4.98 Å². The molecule has 7 nitrogen and oxygen atoms in total. The summed E-state index contributed by atoms with van der Waals surface area (Å²) in [6.45, 7) is -0.138. The molecule has 0 saturated carbocycles. The van der Waals surface area contributed by atoms with Crippen LogP contribution in [-0.4, -0.2) is 41.8 Å². The van der Waals surface area contributed by atoms with Crippen molar-refractivity contribution in [2.45, 2.75) is 6.54 Å². The van der Waals surface area contributed by atoms with Crippen LogP contribution in [0.4, 0.5) is 11.4 Å². The molecule has 3 N–H and O–H groups in total. The number of nitrogens with one attached hydrogen (secondary N) is 1. The molecule has 0 radical (unpaired) electrons. The predicted octanol–water partition coefficient (Wildman–Crippen LogP) is 2.90. The number of hydrogen-bond acceptors (Lipinski definition) is 5. The average molecular weight is 393 g/mol. The monoisotopic (exact) mass is 393 g/mol. The van der Waals surface area contributed by atoms with E-state index in [0.29, 0.717) is 16.9 Å². The van der Waals surface area contributed by atoms with Gasteiger partial charge in [-0.15, -0.1) is 0 Å². The second-order valence-corrected chi connectivity index (χ2v) is 6.94. The van der Waals surface area contributed by atoms with Gasteiger partial charge in [-0.25, -0.2) is 0 Å². The predicted molar refractivity (Wildman–Crippen MR) is 114 cm³/mol. The highest BCUT2D eigenvalue weighted by molar-refractivity contribution is 5.74. The quantitative estimate of drug-likeness (QED) is 0.571. The number of aromatic nitrogens is 1. The first-order valence-corrected chi connectivity index (χ1v) is 9.09. The van der Waals surface area contributed by atoms with Gasteiger partial charge in [-0.2, -0.15) is 0 Å². The Morgan fingerprint density at radius 1 is 1.00 bits per heavy atom. The van der Waals surface area contributed by atoms with Gasteiger partial charge in [0, 0.05) is 48.8 Å². The first-order valence-electron chi connectivity index (χ1n) is 9.09. The van der Waals surface area contributed by atoms with Crippen molar-refractivity contribution in [3.63, 3.8) is 0 Å². The number of aliphatic carboxylic acids is 1. The van der Waals surface area contributed by atoms with Gasteiger partial charge in [0.25, 0.3) is 5.56 Å². The summed E-state index contributed by atoms with van der Waals surface area (Å²) in [7, 11) is 3.90. The molecule has 7 heteroatoms. The molecule has 150 valence electrons. The number of carboxylic acids is 1. The first-order chi connectivity index (χ1) is 13.8. The molecule has 0 aliphatic heterocycles. The molecule has 2 aromatic carbocycles. The largest absolute Gasteiger partial charge is 0.508 e. The molecule has 0 saturated heterocycles. The maximum atomic E-state index is 12.7. The number of phenols is 1. The normalized spacial score (nSPS) is 10.6. The van der Waals surface area contributed by atoms with Gasteiger partial charge in [0.15, 0.2) is 0 Å². The molecule has 0 aliphatic carbocycles. The van der Waals surface area contributed by atoms with Crippen molar-refractivity contribution in [2.75, 3.05) is 30.4 Å². The van der Waals surface area contributed by atoms with Crippen molar-refractivity contribution in [1.29, 1.82) is 0 Å². The summed E-state index contributed by atoms with van der Waals surface area (Å²) >= 11 is 0. The topological polar surface area (TPSA) is 96.9 Å². The fraction of sp³-hybridized carbons (Fsp3) is 0.182. The van der Waals surface area contributed by atoms with Gasteiger partial charge < -0.3 is 25.0 Å². The maximum Gasteiger partial charge on any atom is 0.323 e. The highest BCUT2D eigenvalue weighted by Crippen LogP contribution is 2.23. The van der Waals surface area contributed by atoms with Crippen LogP contribution in [0.25, 0.3) is 11.3 Å². The standard InChI is InChI=1S/C22H23N3O4/c1-24(2)18-5-3-4-15(12-18)20-11-6-16(22(29)23-20)13-25(14-21(27)28)17-7-9-19(26)10-8-17/h3-12,26H,13-14H2,1-2H3,(H,23,29)(H,27,28). The highest BCUT2D eigenvalue weighted by Gasteiger charge is 2.14. The molecule has 3 aromatic rings. The van der Waals surface area contributed by atoms with Crippen LogP contribution in [0.15, 0.2) is 65.5 Å². The summed E-state index contributed by atoms with van der Waals surface area (Å²) < 4.78 is 0. The van der Waals surface area contributed by atoms with Gasteiger partial charge in [-0.3, -0.25) is 9.59 Å². The molecule has 29 heavy (non-hydrogen) atoms. The molecular weight excluding hydrogens is 370 g/mol. The average Bonchev–Trinajstić information content (AvgIpc) is 2.69. The molecule has 0 aliphatic rings. The van der Waals surface area contributed by atoms with Gasteiger partial charge in [0.2, 0.25) is 0 Å². The number of carboxylic acid groups (broad SMARTS) is 1. The Morgan fingerprint density at radius 3 is 2.34 bits per heavy atom. The van der Waals surface area contributed by atoms with Gasteiger partial charge >= 0.3 is 5.97 Å². The van der Waals surface area contributed by atoms with Gasteiger partial charge in [-0.1, -0.05) is 12.1 Å². The molecule has 1 aromatic heterocycles. The van der Waals surface area contributed by atoms with E-state index in [4.69, 9.17) is 0 Å². The number of hydrogen-bond donors (Lipinski definition) is 3. The fourth-order valence-corrected chi connectivity index (χ4v) is 3.02. The molecule has 3 rings (SSSR count). The van der Waals surface area contributed by atoms with E-state index in [1.807, 2.05) is 49.3 Å². The Kier molecular flexibility index (Phi) is 5.87. The Hall–Kier alpha value is -3.74. The molecule has 0 fully saturated rings. The second-order valence-electron chi connectivity index (χ2n) is 6.94. The number of rotatable bonds is 7. The zero-order valence-electron chi connectivity index (χ0n) is 16.3. The molecule has 0 atom stereocenters. The molecule has 1 heterocycles. The van der Waals surface area contributed by atoms with Crippen LogP contribution in [0.2, 0.25) is 0 Å². The molecular formula is C22H23N3O4. The summed E-state index contributed by atoms with van der Waals surface area (Å²) in [5, 5.41) is 18.7. The van der Waals surface area contributed by atoms with E-state index in [0.717, 1.165) is 11.3 Å². The molecule has 0 bridgehead atoms. The lowest BCUT2D eigenvalue weighted by molar-refractivity contribution is -0.135. The number of benzene rings is 2. The van der Waals surface area contributed by atoms with E-state index >= 15 is 0 Å². The Labute approximate surface area is 168 Å². The summed E-state index contributed by atoms with van der Waals surface area (Å²) in [6.07, 6.45) is 0. The summed E-state index contributed by atoms with van der Waals surface area (Å²) in [6, 6.07) is 17.6. The lowest BCUT2D eigenvalue weighted by atomic mass is 10.1. The lowest BCUT2D eigenvalue weighted by Crippen LogP contribution is -2.31. The zero-order valence-corrected chi connectivity index (χ0v) is 16.3. The number of aromatic amines is 1. The van der Waals surface area contributed by atoms with Gasteiger partial charge in [0.1, 0.15) is 12.3 Å². The van der Waals surface area contributed by atoms with Crippen LogP contribution in [-0.2, 0) is 11.3 Å². The third-order valence-corrected chi connectivity index (χ3v) is 4.57. The fourth-order valence-electron chi connectivity index (χ4n) is 3.02. The SMILES string of the molecule is CN(C)c1cccc(-c2ccc(CN(CC(=O)O)c3ccc(O)cc3)c(=O)[nH]2)c1. The van der Waals surface area contributed by atoms with Crippen molar-refractivity contribution < 1.29 is 15.0 Å². The maximum absolute atomic E-state index is 12.7. The Balaban J connectivity index is 1.88. The Bertz CT molecular complexity index is 1060. The van der Waals surface area contributed by atoms with Crippen molar-refractivity contribution in [3.05, 3.63) is 76.6 Å². The lowest BCUT2D eigenvalue weighted by Gasteiger charge is -2.22. The number of aromatic hydroxyl groups is 1. The minimum absolute atomic E-state index is 0.0891. The third kappa shape index (κ3) is 4.95. The number of carbonyl (C=O) groups is 1. The number of phenolic OH excluding ortho intramolecular Hbond substituents is 1. The summed E-state index contributed by atoms with van der Waals surface area (Å²) in [4.78, 5) is 30.4. The van der Waals surface area contributed by atoms with Crippen molar-refractivity contribution in [2.24, 2.45) is 0 Å². The van der Waals surface area contributed by atoms with Crippen LogP contribution in [0.1, 0.15) is 5.56 Å². The van der Waals surface area contributed by atoms with E-state index < -0.39 is 5.97 Å². The number of nitrogens with zero attached hydrogens (tertiary/aromatic N) is 2. The smallest absolute Gasteiger partial charge is 0.323 e. The van der Waals surface area contributed by atoms with Crippen LogP contribution in [0.5, 0.6) is 5.75 Å². The Morgan fingerprint density at radius 2 is 1.72 bits per heavy atom.